The zero-order valence-electron chi connectivity index (χ0n) is 10.5. The molecular weight excluding hydrogens is 210 g/mol. The van der Waals surface area contributed by atoms with Crippen molar-refractivity contribution in [2.45, 2.75) is 19.6 Å². The summed E-state index contributed by atoms with van der Waals surface area (Å²) < 4.78 is 16.3. The van der Waals surface area contributed by atoms with Gasteiger partial charge in [-0.25, -0.2) is 0 Å². The molecule has 0 aliphatic heterocycles. The zero-order chi connectivity index (χ0) is 11.6. The fourth-order valence-electron chi connectivity index (χ4n) is 0.903. The van der Waals surface area contributed by atoms with Gasteiger partial charge in [0.25, 0.3) is 0 Å². The lowest BCUT2D eigenvalue weighted by atomic mass is 10.7. The lowest BCUT2D eigenvalue weighted by Gasteiger charge is -2.16. The molecule has 0 bridgehead atoms. The number of hydrogen-bond acceptors (Lipinski definition) is 4. The van der Waals surface area contributed by atoms with E-state index in [0.717, 1.165) is 13.2 Å². The first-order valence-corrected chi connectivity index (χ1v) is 8.91. The van der Waals surface area contributed by atoms with Crippen LogP contribution in [0.3, 0.4) is 0 Å². The van der Waals surface area contributed by atoms with Crippen LogP contribution in [0.2, 0.25) is 19.6 Å². The summed E-state index contributed by atoms with van der Waals surface area (Å²) in [6, 6.07) is 0. The van der Waals surface area contributed by atoms with E-state index >= 15 is 0 Å². The highest BCUT2D eigenvalue weighted by atomic mass is 28.4. The first-order valence-electron chi connectivity index (χ1n) is 5.50. The minimum absolute atomic E-state index is 0.652. The van der Waals surface area contributed by atoms with Crippen LogP contribution in [-0.4, -0.2) is 54.9 Å². The Morgan fingerprint density at radius 1 is 0.867 bits per heavy atom. The normalized spacial score (nSPS) is 12.0. The lowest BCUT2D eigenvalue weighted by Crippen LogP contribution is -2.27. The maximum atomic E-state index is 5.64. The molecular formula is C10H25NO3Si. The largest absolute Gasteiger partial charge is 0.415 e. The minimum atomic E-state index is -1.36. The third-order valence-electron chi connectivity index (χ3n) is 1.63. The van der Waals surface area contributed by atoms with E-state index < -0.39 is 8.32 Å². The monoisotopic (exact) mass is 235 g/mol. The molecule has 0 radical (unpaired) electrons. The van der Waals surface area contributed by atoms with E-state index in [1.807, 2.05) is 7.05 Å². The highest BCUT2D eigenvalue weighted by Crippen LogP contribution is 2.01. The van der Waals surface area contributed by atoms with Crippen LogP contribution in [0.1, 0.15) is 0 Å². The van der Waals surface area contributed by atoms with E-state index in [0.29, 0.717) is 26.4 Å². The average molecular weight is 235 g/mol. The minimum Gasteiger partial charge on any atom is -0.415 e. The standard InChI is InChI=1S/C10H25NO3Si/c1-11-5-6-12-7-8-13-9-10-14-15(2,3)4/h11H,5-10H2,1-4H3. The predicted octanol–water partition coefficient (Wildman–Crippen LogP) is 1.09. The maximum Gasteiger partial charge on any atom is 0.183 e. The molecule has 5 heteroatoms. The zero-order valence-corrected chi connectivity index (χ0v) is 11.5. The number of likely N-dealkylation sites (N-methyl/N-ethyl adjacent to an activating group) is 1. The van der Waals surface area contributed by atoms with Crippen molar-refractivity contribution in [1.82, 2.24) is 5.32 Å². The Hall–Kier alpha value is 0.0569. The number of ether oxygens (including phenoxy) is 2. The summed E-state index contributed by atoms with van der Waals surface area (Å²) in [5.74, 6) is 0. The molecule has 92 valence electrons. The van der Waals surface area contributed by atoms with Gasteiger partial charge in [-0.15, -0.1) is 0 Å². The van der Waals surface area contributed by atoms with E-state index in [9.17, 15) is 0 Å². The molecule has 0 spiro atoms. The Labute approximate surface area is 94.4 Å². The van der Waals surface area contributed by atoms with Crippen molar-refractivity contribution in [3.8, 4) is 0 Å². The molecule has 0 unspecified atom stereocenters. The third kappa shape index (κ3) is 14.1. The van der Waals surface area contributed by atoms with Gasteiger partial charge in [-0.2, -0.15) is 0 Å². The summed E-state index contributed by atoms with van der Waals surface area (Å²) in [7, 11) is 0.547. The van der Waals surface area contributed by atoms with Gasteiger partial charge < -0.3 is 19.2 Å². The Kier molecular flexibility index (Phi) is 9.33. The number of rotatable bonds is 10. The van der Waals surface area contributed by atoms with Gasteiger partial charge in [-0.1, -0.05) is 0 Å². The van der Waals surface area contributed by atoms with Crippen molar-refractivity contribution in [2.75, 3.05) is 46.6 Å². The average Bonchev–Trinajstić information content (AvgIpc) is 2.14. The van der Waals surface area contributed by atoms with E-state index in [-0.39, 0.29) is 0 Å². The van der Waals surface area contributed by atoms with Crippen LogP contribution >= 0.6 is 0 Å². The lowest BCUT2D eigenvalue weighted by molar-refractivity contribution is 0.0367. The second-order valence-corrected chi connectivity index (χ2v) is 8.80. The summed E-state index contributed by atoms with van der Waals surface area (Å²) in [6.45, 7) is 10.8. The van der Waals surface area contributed by atoms with Crippen LogP contribution in [0.5, 0.6) is 0 Å². The Bertz CT molecular complexity index is 139. The summed E-state index contributed by atoms with van der Waals surface area (Å²) in [5.41, 5.74) is 0. The van der Waals surface area contributed by atoms with Crippen molar-refractivity contribution in [3.63, 3.8) is 0 Å². The number of nitrogens with one attached hydrogen (secondary N) is 1. The van der Waals surface area contributed by atoms with E-state index in [1.54, 1.807) is 0 Å². The van der Waals surface area contributed by atoms with Crippen LogP contribution in [0, 0.1) is 0 Å². The van der Waals surface area contributed by atoms with Crippen LogP contribution in [0.15, 0.2) is 0 Å². The number of hydrogen-bond donors (Lipinski definition) is 1. The van der Waals surface area contributed by atoms with Crippen LogP contribution < -0.4 is 5.32 Å². The van der Waals surface area contributed by atoms with Gasteiger partial charge in [0.15, 0.2) is 8.32 Å². The molecule has 1 N–H and O–H groups in total. The molecule has 0 rings (SSSR count). The van der Waals surface area contributed by atoms with Gasteiger partial charge in [0.2, 0.25) is 0 Å². The molecule has 0 aromatic rings. The molecule has 0 aromatic carbocycles. The smallest absolute Gasteiger partial charge is 0.183 e. The molecule has 0 amide bonds. The topological polar surface area (TPSA) is 39.7 Å². The third-order valence-corrected chi connectivity index (χ3v) is 2.70. The second-order valence-electron chi connectivity index (χ2n) is 4.29. The van der Waals surface area contributed by atoms with E-state index in [4.69, 9.17) is 13.9 Å². The first kappa shape index (κ1) is 15.1. The van der Waals surface area contributed by atoms with Gasteiger partial charge in [0.1, 0.15) is 0 Å². The summed E-state index contributed by atoms with van der Waals surface area (Å²) in [4.78, 5) is 0. The summed E-state index contributed by atoms with van der Waals surface area (Å²) in [5, 5.41) is 3.01. The molecule has 15 heavy (non-hydrogen) atoms. The fourth-order valence-corrected chi connectivity index (χ4v) is 1.60. The Morgan fingerprint density at radius 3 is 1.93 bits per heavy atom. The molecule has 0 heterocycles. The van der Waals surface area contributed by atoms with Gasteiger partial charge >= 0.3 is 0 Å². The molecule has 0 fully saturated rings. The van der Waals surface area contributed by atoms with Crippen LogP contribution in [0.4, 0.5) is 0 Å². The Balaban J connectivity index is 2.99. The molecule has 0 saturated heterocycles. The summed E-state index contributed by atoms with van der Waals surface area (Å²) >= 11 is 0. The van der Waals surface area contributed by atoms with Crippen molar-refractivity contribution in [1.29, 1.82) is 0 Å². The van der Waals surface area contributed by atoms with Crippen molar-refractivity contribution >= 4 is 8.32 Å². The van der Waals surface area contributed by atoms with Crippen LogP contribution in [0.25, 0.3) is 0 Å². The van der Waals surface area contributed by atoms with E-state index in [1.165, 1.54) is 0 Å². The van der Waals surface area contributed by atoms with Crippen molar-refractivity contribution < 1.29 is 13.9 Å². The molecule has 0 atom stereocenters. The summed E-state index contributed by atoms with van der Waals surface area (Å²) in [6.07, 6.45) is 0. The molecule has 0 aliphatic carbocycles. The molecule has 0 saturated carbocycles. The fraction of sp³-hybridized carbons (Fsp3) is 1.00. The predicted molar refractivity (Wildman–Crippen MR) is 64.9 cm³/mol. The van der Waals surface area contributed by atoms with E-state index in [2.05, 4.69) is 25.0 Å². The Morgan fingerprint density at radius 2 is 1.40 bits per heavy atom. The highest BCUT2D eigenvalue weighted by molar-refractivity contribution is 6.69. The quantitative estimate of drug-likeness (QED) is 0.454. The van der Waals surface area contributed by atoms with Crippen molar-refractivity contribution in [2.24, 2.45) is 0 Å². The maximum absolute atomic E-state index is 5.64. The van der Waals surface area contributed by atoms with Gasteiger partial charge in [-0.3, -0.25) is 0 Å². The molecule has 0 aliphatic rings. The SMILES string of the molecule is CNCCOCCOCCO[Si](C)(C)C. The molecule has 4 nitrogen and oxygen atoms in total. The van der Waals surface area contributed by atoms with Crippen molar-refractivity contribution in [3.05, 3.63) is 0 Å². The molecule has 0 aromatic heterocycles. The van der Waals surface area contributed by atoms with Gasteiger partial charge in [-0.05, 0) is 26.7 Å². The highest BCUT2D eigenvalue weighted by Gasteiger charge is 2.12. The van der Waals surface area contributed by atoms with Gasteiger partial charge in [0, 0.05) is 6.54 Å². The van der Waals surface area contributed by atoms with Crippen LogP contribution in [-0.2, 0) is 13.9 Å². The second kappa shape index (κ2) is 9.29. The van der Waals surface area contributed by atoms with Gasteiger partial charge in [0.05, 0.1) is 33.0 Å². The first-order chi connectivity index (χ1) is 7.06.